The van der Waals surface area contributed by atoms with Crippen LogP contribution in [0.15, 0.2) is 41.3 Å². The highest BCUT2D eigenvalue weighted by Gasteiger charge is 2.32. The van der Waals surface area contributed by atoms with Gasteiger partial charge in [0.05, 0.1) is 5.56 Å². The van der Waals surface area contributed by atoms with Crippen molar-refractivity contribution in [3.8, 4) is 0 Å². The van der Waals surface area contributed by atoms with Gasteiger partial charge in [0, 0.05) is 38.9 Å². The van der Waals surface area contributed by atoms with Crippen LogP contribution in [0.3, 0.4) is 0 Å². The number of alkyl halides is 3. The van der Waals surface area contributed by atoms with E-state index in [9.17, 15) is 22.8 Å². The van der Waals surface area contributed by atoms with Crippen LogP contribution >= 0.6 is 11.6 Å². The molecule has 1 saturated heterocycles. The number of aromatic nitrogens is 1. The van der Waals surface area contributed by atoms with Crippen LogP contribution in [0.5, 0.6) is 0 Å². The summed E-state index contributed by atoms with van der Waals surface area (Å²) >= 11 is 5.64. The van der Waals surface area contributed by atoms with Gasteiger partial charge in [0.1, 0.15) is 11.6 Å². The van der Waals surface area contributed by atoms with E-state index < -0.39 is 34.8 Å². The third-order valence-corrected chi connectivity index (χ3v) is 5.16. The molecule has 156 valence electrons. The number of hydrogen-bond donors (Lipinski definition) is 0. The normalized spacial score (nSPS) is 15.6. The van der Waals surface area contributed by atoms with Crippen molar-refractivity contribution in [2.75, 3.05) is 26.2 Å². The Hall–Kier alpha value is -2.32. The van der Waals surface area contributed by atoms with E-state index in [1.807, 2.05) is 25.1 Å². The summed E-state index contributed by atoms with van der Waals surface area (Å²) in [6.07, 6.45) is -4.01. The Morgan fingerprint density at radius 1 is 1.14 bits per heavy atom. The summed E-state index contributed by atoms with van der Waals surface area (Å²) in [6.45, 7) is 4.53. The Morgan fingerprint density at radius 3 is 2.45 bits per heavy atom. The van der Waals surface area contributed by atoms with E-state index in [0.717, 1.165) is 11.1 Å². The second-order valence-corrected chi connectivity index (χ2v) is 7.56. The smallest absolute Gasteiger partial charge is 0.339 e. The van der Waals surface area contributed by atoms with Crippen molar-refractivity contribution in [3.63, 3.8) is 0 Å². The molecule has 3 rings (SSSR count). The Labute approximate surface area is 171 Å². The predicted molar refractivity (Wildman–Crippen MR) is 104 cm³/mol. The highest BCUT2D eigenvalue weighted by atomic mass is 35.5. The summed E-state index contributed by atoms with van der Waals surface area (Å²) in [5.41, 5.74) is 0.500. The average molecular weight is 428 g/mol. The molecule has 1 amide bonds. The number of nitrogens with zero attached hydrogens (tertiary/aromatic N) is 3. The van der Waals surface area contributed by atoms with Crippen molar-refractivity contribution in [2.24, 2.45) is 0 Å². The van der Waals surface area contributed by atoms with Gasteiger partial charge in [0.15, 0.2) is 0 Å². The van der Waals surface area contributed by atoms with Crippen molar-refractivity contribution >= 4 is 17.5 Å². The molecule has 0 saturated carbocycles. The number of hydrogen-bond acceptors (Lipinski definition) is 3. The Bertz CT molecular complexity index is 951. The first-order valence-electron chi connectivity index (χ1n) is 9.16. The van der Waals surface area contributed by atoms with Gasteiger partial charge in [-0.15, -0.1) is 0 Å². The summed E-state index contributed by atoms with van der Waals surface area (Å²) in [5, 5.41) is -0.560. The molecule has 1 aliphatic heterocycles. The van der Waals surface area contributed by atoms with Crippen LogP contribution in [-0.2, 0) is 24.1 Å². The Balaban J connectivity index is 1.62. The molecule has 2 heterocycles. The van der Waals surface area contributed by atoms with E-state index in [2.05, 4.69) is 11.0 Å². The quantitative estimate of drug-likeness (QED) is 0.753. The van der Waals surface area contributed by atoms with Crippen LogP contribution < -0.4 is 5.56 Å². The first kappa shape index (κ1) is 21.4. The third-order valence-electron chi connectivity index (χ3n) is 4.89. The van der Waals surface area contributed by atoms with E-state index in [0.29, 0.717) is 38.4 Å². The Kier molecular flexibility index (Phi) is 6.33. The zero-order valence-electron chi connectivity index (χ0n) is 15.9. The highest BCUT2D eigenvalue weighted by Crippen LogP contribution is 2.29. The van der Waals surface area contributed by atoms with Gasteiger partial charge in [-0.05, 0) is 18.6 Å². The standard InChI is InChI=1S/C20H21ClF3N3O2/c1-14-3-2-4-15(9-14)11-25-5-7-26(8-6-25)18(28)13-27-12-16(20(22,23)24)10-17(21)19(27)29/h2-4,9-10,12H,5-8,11,13H2,1H3. The first-order chi connectivity index (χ1) is 13.6. The zero-order chi connectivity index (χ0) is 21.2. The van der Waals surface area contributed by atoms with Gasteiger partial charge < -0.3 is 9.47 Å². The van der Waals surface area contributed by atoms with E-state index in [4.69, 9.17) is 11.6 Å². The lowest BCUT2D eigenvalue weighted by atomic mass is 10.1. The van der Waals surface area contributed by atoms with Crippen LogP contribution in [0.1, 0.15) is 16.7 Å². The molecule has 1 aromatic carbocycles. The summed E-state index contributed by atoms with van der Waals surface area (Å²) < 4.78 is 39.6. The fourth-order valence-corrected chi connectivity index (χ4v) is 3.57. The van der Waals surface area contributed by atoms with Crippen LogP contribution in [-0.4, -0.2) is 46.5 Å². The molecule has 0 unspecified atom stereocenters. The molecule has 2 aromatic rings. The molecular weight excluding hydrogens is 407 g/mol. The number of benzene rings is 1. The maximum Gasteiger partial charge on any atom is 0.417 e. The molecule has 0 N–H and O–H groups in total. The van der Waals surface area contributed by atoms with Crippen LogP contribution in [0.4, 0.5) is 13.2 Å². The number of carbonyl (C=O) groups excluding carboxylic acids is 1. The summed E-state index contributed by atoms with van der Waals surface area (Å²) in [4.78, 5) is 28.3. The Morgan fingerprint density at radius 2 is 1.83 bits per heavy atom. The van der Waals surface area contributed by atoms with E-state index in [1.165, 1.54) is 11.1 Å². The molecule has 1 fully saturated rings. The van der Waals surface area contributed by atoms with Gasteiger partial charge >= 0.3 is 6.18 Å². The van der Waals surface area contributed by atoms with Crippen molar-refractivity contribution in [3.05, 3.63) is 68.6 Å². The lowest BCUT2D eigenvalue weighted by Crippen LogP contribution is -2.49. The van der Waals surface area contributed by atoms with Crippen LogP contribution in [0, 0.1) is 6.92 Å². The molecule has 5 nitrogen and oxygen atoms in total. The molecule has 0 spiro atoms. The van der Waals surface area contributed by atoms with E-state index in [-0.39, 0.29) is 0 Å². The SMILES string of the molecule is Cc1cccc(CN2CCN(C(=O)Cn3cc(C(F)(F)F)cc(Cl)c3=O)CC2)c1. The van der Waals surface area contributed by atoms with Crippen molar-refractivity contribution in [1.82, 2.24) is 14.4 Å². The largest absolute Gasteiger partial charge is 0.417 e. The number of pyridine rings is 1. The minimum Gasteiger partial charge on any atom is -0.339 e. The fourth-order valence-electron chi connectivity index (χ4n) is 3.34. The maximum atomic E-state index is 12.9. The van der Waals surface area contributed by atoms with Gasteiger partial charge in [-0.2, -0.15) is 13.2 Å². The van der Waals surface area contributed by atoms with E-state index >= 15 is 0 Å². The number of carbonyl (C=O) groups is 1. The van der Waals surface area contributed by atoms with Crippen LogP contribution in [0.25, 0.3) is 0 Å². The number of halogens is 4. The monoisotopic (exact) mass is 427 g/mol. The molecule has 0 bridgehead atoms. The molecule has 1 aromatic heterocycles. The van der Waals surface area contributed by atoms with Gasteiger partial charge in [-0.25, -0.2) is 0 Å². The minimum absolute atomic E-state index is 0.405. The minimum atomic E-state index is -4.65. The molecule has 0 radical (unpaired) electrons. The third kappa shape index (κ3) is 5.39. The molecular formula is C20H21ClF3N3O2. The summed E-state index contributed by atoms with van der Waals surface area (Å²) in [6, 6.07) is 8.77. The second kappa shape index (κ2) is 8.59. The molecule has 1 aliphatic rings. The van der Waals surface area contributed by atoms with E-state index in [1.54, 1.807) is 4.90 Å². The lowest BCUT2D eigenvalue weighted by Gasteiger charge is -2.35. The number of aryl methyl sites for hydroxylation is 1. The maximum absolute atomic E-state index is 12.9. The van der Waals surface area contributed by atoms with Gasteiger partial charge in [-0.1, -0.05) is 41.4 Å². The van der Waals surface area contributed by atoms with Crippen molar-refractivity contribution < 1.29 is 18.0 Å². The van der Waals surface area contributed by atoms with Crippen LogP contribution in [0.2, 0.25) is 5.02 Å². The number of rotatable bonds is 4. The number of piperazine rings is 1. The number of amides is 1. The summed E-state index contributed by atoms with van der Waals surface area (Å²) in [7, 11) is 0. The lowest BCUT2D eigenvalue weighted by molar-refractivity contribution is -0.139. The van der Waals surface area contributed by atoms with Gasteiger partial charge in [-0.3, -0.25) is 14.5 Å². The summed E-state index contributed by atoms with van der Waals surface area (Å²) in [5.74, 6) is -0.405. The highest BCUT2D eigenvalue weighted by molar-refractivity contribution is 6.30. The molecule has 29 heavy (non-hydrogen) atoms. The van der Waals surface area contributed by atoms with Gasteiger partial charge in [0.25, 0.3) is 5.56 Å². The second-order valence-electron chi connectivity index (χ2n) is 7.15. The van der Waals surface area contributed by atoms with Gasteiger partial charge in [0.2, 0.25) is 5.91 Å². The van der Waals surface area contributed by atoms with Crippen molar-refractivity contribution in [1.29, 1.82) is 0 Å². The topological polar surface area (TPSA) is 45.5 Å². The molecule has 0 aliphatic carbocycles. The average Bonchev–Trinajstić information content (AvgIpc) is 2.65. The first-order valence-corrected chi connectivity index (χ1v) is 9.54. The van der Waals surface area contributed by atoms with Crippen molar-refractivity contribution in [2.45, 2.75) is 26.2 Å². The molecule has 0 atom stereocenters. The molecule has 9 heteroatoms. The predicted octanol–water partition coefficient (Wildman–Crippen LogP) is 3.17. The zero-order valence-corrected chi connectivity index (χ0v) is 16.6. The fraction of sp³-hybridized carbons (Fsp3) is 0.400.